The number of carbonyl (C=O) groups excluding carboxylic acids is 3. The van der Waals surface area contributed by atoms with Gasteiger partial charge >= 0.3 is 6.09 Å². The quantitative estimate of drug-likeness (QED) is 0.405. The molecular weight excluding hydrogens is 414 g/mol. The minimum Gasteiger partial charge on any atom is -0.507 e. The van der Waals surface area contributed by atoms with Gasteiger partial charge < -0.3 is 30.5 Å². The summed E-state index contributed by atoms with van der Waals surface area (Å²) in [5.74, 6) is -1.21. The number of ether oxygens (including phenoxy) is 1. The number of aliphatic hydroxyl groups excluding tert-OH is 1. The third-order valence-corrected chi connectivity index (χ3v) is 4.75. The van der Waals surface area contributed by atoms with Crippen molar-refractivity contribution in [1.29, 1.82) is 0 Å². The normalized spacial score (nSPS) is 13.1. The van der Waals surface area contributed by atoms with Crippen molar-refractivity contribution in [3.63, 3.8) is 0 Å². The Morgan fingerprint density at radius 3 is 2.38 bits per heavy atom. The molecule has 1 rings (SSSR count). The van der Waals surface area contributed by atoms with E-state index in [1.165, 1.54) is 4.90 Å². The van der Waals surface area contributed by atoms with Crippen molar-refractivity contribution in [2.75, 3.05) is 19.7 Å². The number of carbonyl (C=O) groups is 3. The van der Waals surface area contributed by atoms with Gasteiger partial charge in [-0.2, -0.15) is 0 Å². The van der Waals surface area contributed by atoms with E-state index in [9.17, 15) is 24.6 Å². The number of aryl methyl sites for hydroxylation is 1. The highest BCUT2D eigenvalue weighted by atomic mass is 16.6. The van der Waals surface area contributed by atoms with Gasteiger partial charge in [-0.25, -0.2) is 4.79 Å². The fourth-order valence-electron chi connectivity index (χ4n) is 3.14. The Balaban J connectivity index is 3.28. The Morgan fingerprint density at radius 2 is 1.84 bits per heavy atom. The van der Waals surface area contributed by atoms with Gasteiger partial charge in [0.05, 0.1) is 6.61 Å². The van der Waals surface area contributed by atoms with Crippen LogP contribution in [-0.2, 0) is 14.3 Å². The largest absolute Gasteiger partial charge is 0.507 e. The van der Waals surface area contributed by atoms with Crippen LogP contribution in [0.1, 0.15) is 64.6 Å². The maximum Gasteiger partial charge on any atom is 0.408 e. The predicted molar refractivity (Wildman–Crippen MR) is 121 cm³/mol. The molecule has 0 bridgehead atoms. The second-order valence-electron chi connectivity index (χ2n) is 8.57. The maximum atomic E-state index is 13.3. The van der Waals surface area contributed by atoms with Crippen LogP contribution in [0.2, 0.25) is 0 Å². The van der Waals surface area contributed by atoms with E-state index in [1.54, 1.807) is 52.8 Å². The lowest BCUT2D eigenvalue weighted by Crippen LogP contribution is -2.54. The van der Waals surface area contributed by atoms with Crippen molar-refractivity contribution in [3.8, 4) is 5.75 Å². The van der Waals surface area contributed by atoms with Crippen LogP contribution in [0.4, 0.5) is 4.79 Å². The molecule has 0 aromatic heterocycles. The van der Waals surface area contributed by atoms with E-state index in [-0.39, 0.29) is 17.9 Å². The number of likely N-dealkylation sites (N-methyl/N-ethyl adjacent to an activating group) is 1. The molecular formula is C23H37N3O6. The number of hydrogen-bond acceptors (Lipinski definition) is 6. The van der Waals surface area contributed by atoms with Crippen LogP contribution in [0, 0.1) is 6.92 Å². The average Bonchev–Trinajstić information content (AvgIpc) is 2.71. The summed E-state index contributed by atoms with van der Waals surface area (Å²) in [6.45, 7) is 10.2. The number of phenolic OH excluding ortho intramolecular Hbond substituents is 1. The summed E-state index contributed by atoms with van der Waals surface area (Å²) in [5.41, 5.74) is 0.0400. The van der Waals surface area contributed by atoms with Crippen molar-refractivity contribution < 1.29 is 29.3 Å². The van der Waals surface area contributed by atoms with Gasteiger partial charge in [-0.05, 0) is 46.6 Å². The Bertz CT molecular complexity index is 790. The molecule has 2 unspecified atom stereocenters. The lowest BCUT2D eigenvalue weighted by Gasteiger charge is -2.33. The molecule has 180 valence electrons. The molecule has 0 fully saturated rings. The van der Waals surface area contributed by atoms with Gasteiger partial charge in [0.15, 0.2) is 0 Å². The smallest absolute Gasteiger partial charge is 0.408 e. The number of phenols is 1. The van der Waals surface area contributed by atoms with Gasteiger partial charge in [0.25, 0.3) is 0 Å². The molecule has 0 saturated heterocycles. The molecule has 32 heavy (non-hydrogen) atoms. The first kappa shape index (κ1) is 27.2. The first-order valence-electron chi connectivity index (χ1n) is 10.9. The number of rotatable bonds is 10. The van der Waals surface area contributed by atoms with E-state index in [4.69, 9.17) is 4.74 Å². The molecule has 9 nitrogen and oxygen atoms in total. The Hall–Kier alpha value is -2.81. The lowest BCUT2D eigenvalue weighted by molar-refractivity contribution is -0.143. The van der Waals surface area contributed by atoms with Crippen LogP contribution in [0.5, 0.6) is 5.75 Å². The summed E-state index contributed by atoms with van der Waals surface area (Å²) in [6.07, 6.45) is 0.782. The zero-order chi connectivity index (χ0) is 24.5. The van der Waals surface area contributed by atoms with Gasteiger partial charge in [-0.1, -0.05) is 31.5 Å². The van der Waals surface area contributed by atoms with Gasteiger partial charge in [-0.3, -0.25) is 9.59 Å². The van der Waals surface area contributed by atoms with Crippen LogP contribution in [-0.4, -0.2) is 64.4 Å². The van der Waals surface area contributed by atoms with E-state index in [0.29, 0.717) is 12.1 Å². The van der Waals surface area contributed by atoms with Crippen LogP contribution in [0.25, 0.3) is 0 Å². The number of benzene rings is 1. The number of aliphatic hydroxyl groups is 1. The van der Waals surface area contributed by atoms with E-state index in [1.807, 2.05) is 6.92 Å². The number of hydrogen-bond donors (Lipinski definition) is 4. The number of nitrogens with zero attached hydrogens (tertiary/aromatic N) is 1. The van der Waals surface area contributed by atoms with Crippen molar-refractivity contribution >= 4 is 17.9 Å². The van der Waals surface area contributed by atoms with Crippen molar-refractivity contribution in [2.45, 2.75) is 72.1 Å². The molecule has 1 aromatic rings. The van der Waals surface area contributed by atoms with Gasteiger partial charge in [0.1, 0.15) is 23.4 Å². The topological polar surface area (TPSA) is 128 Å². The number of aromatic hydroxyl groups is 1. The molecule has 0 spiro atoms. The van der Waals surface area contributed by atoms with Crippen LogP contribution in [0.3, 0.4) is 0 Å². The van der Waals surface area contributed by atoms with E-state index >= 15 is 0 Å². The highest BCUT2D eigenvalue weighted by Gasteiger charge is 2.36. The summed E-state index contributed by atoms with van der Waals surface area (Å²) in [4.78, 5) is 39.8. The molecule has 3 amide bonds. The van der Waals surface area contributed by atoms with Gasteiger partial charge in [0, 0.05) is 18.7 Å². The standard InChI is InChI=1S/C23H37N3O6/c1-7-9-13-24-20(29)18(16-12-10-11-15(3)19(16)28)26(8-2)21(30)17(14-27)25-22(31)32-23(4,5)6/h10-12,17-18,27-28H,7-9,13-14H2,1-6H3,(H,24,29)(H,25,31). The molecule has 0 radical (unpaired) electrons. The van der Waals surface area contributed by atoms with Gasteiger partial charge in [-0.15, -0.1) is 0 Å². The molecule has 0 heterocycles. The van der Waals surface area contributed by atoms with Crippen molar-refractivity contribution in [2.24, 2.45) is 0 Å². The highest BCUT2D eigenvalue weighted by molar-refractivity contribution is 5.92. The second kappa shape index (κ2) is 12.3. The average molecular weight is 452 g/mol. The van der Waals surface area contributed by atoms with Crippen molar-refractivity contribution in [3.05, 3.63) is 29.3 Å². The van der Waals surface area contributed by atoms with Crippen LogP contribution >= 0.6 is 0 Å². The summed E-state index contributed by atoms with van der Waals surface area (Å²) in [6, 6.07) is 2.51. The lowest BCUT2D eigenvalue weighted by atomic mass is 9.99. The minimum absolute atomic E-state index is 0.0879. The first-order chi connectivity index (χ1) is 15.0. The molecule has 1 aromatic carbocycles. The van der Waals surface area contributed by atoms with E-state index in [0.717, 1.165) is 12.8 Å². The molecule has 0 aliphatic heterocycles. The second-order valence-corrected chi connectivity index (χ2v) is 8.57. The van der Waals surface area contributed by atoms with E-state index in [2.05, 4.69) is 10.6 Å². The monoisotopic (exact) mass is 451 g/mol. The third-order valence-electron chi connectivity index (χ3n) is 4.75. The number of amides is 3. The molecule has 2 atom stereocenters. The Labute approximate surface area is 190 Å². The fourth-order valence-corrected chi connectivity index (χ4v) is 3.14. The summed E-state index contributed by atoms with van der Waals surface area (Å²) in [5, 5.41) is 25.6. The van der Waals surface area contributed by atoms with Crippen LogP contribution < -0.4 is 10.6 Å². The third kappa shape index (κ3) is 7.71. The summed E-state index contributed by atoms with van der Waals surface area (Å²) < 4.78 is 5.18. The Morgan fingerprint density at radius 1 is 1.19 bits per heavy atom. The maximum absolute atomic E-state index is 13.3. The first-order valence-corrected chi connectivity index (χ1v) is 10.9. The molecule has 0 aliphatic rings. The zero-order valence-electron chi connectivity index (χ0n) is 19.9. The van der Waals surface area contributed by atoms with Crippen LogP contribution in [0.15, 0.2) is 18.2 Å². The SMILES string of the molecule is CCCCNC(=O)C(c1cccc(C)c1O)N(CC)C(=O)C(CO)NC(=O)OC(C)(C)C. The predicted octanol–water partition coefficient (Wildman–Crippen LogP) is 2.39. The summed E-state index contributed by atoms with van der Waals surface area (Å²) >= 11 is 0. The molecule has 0 aliphatic carbocycles. The number of unbranched alkanes of at least 4 members (excludes halogenated alkanes) is 1. The minimum atomic E-state index is -1.32. The molecule has 0 saturated carbocycles. The Kier molecular flexibility index (Phi) is 10.5. The highest BCUT2D eigenvalue weighted by Crippen LogP contribution is 2.32. The molecule has 4 N–H and O–H groups in total. The zero-order valence-corrected chi connectivity index (χ0v) is 19.9. The van der Waals surface area contributed by atoms with Crippen molar-refractivity contribution in [1.82, 2.24) is 15.5 Å². The number of alkyl carbamates (subject to hydrolysis) is 1. The van der Waals surface area contributed by atoms with Gasteiger partial charge in [0.2, 0.25) is 11.8 Å². The number of nitrogens with one attached hydrogen (secondary N) is 2. The summed E-state index contributed by atoms with van der Waals surface area (Å²) in [7, 11) is 0. The van der Waals surface area contributed by atoms with E-state index < -0.39 is 42.2 Å². The number of para-hydroxylation sites is 1. The fraction of sp³-hybridized carbons (Fsp3) is 0.609. The molecule has 9 heteroatoms.